The predicted octanol–water partition coefficient (Wildman–Crippen LogP) is 6.91. The number of carbonyl (C=O) groups is 2. The fraction of sp³-hybridized carbons (Fsp3) is 0.0625. The number of anilines is 3. The average Bonchev–Trinajstić information content (AvgIpc) is 3.42. The van der Waals surface area contributed by atoms with Gasteiger partial charge in [0.1, 0.15) is 23.3 Å². The van der Waals surface area contributed by atoms with Crippen LogP contribution in [0.25, 0.3) is 33.2 Å². The van der Waals surface area contributed by atoms with Gasteiger partial charge in [-0.3, -0.25) is 4.79 Å². The maximum absolute atomic E-state index is 13.3. The van der Waals surface area contributed by atoms with Crippen molar-refractivity contribution in [3.8, 4) is 11.3 Å². The Hall–Kier alpha value is -5.75. The van der Waals surface area contributed by atoms with Gasteiger partial charge >= 0.3 is 12.1 Å². The molecular formula is C32H22F3N5O4. The van der Waals surface area contributed by atoms with Crippen molar-refractivity contribution in [2.75, 3.05) is 10.4 Å². The number of rotatable bonds is 6. The molecule has 6 rings (SSSR count). The lowest BCUT2D eigenvalue weighted by molar-refractivity contribution is -0.199. The highest BCUT2D eigenvalue weighted by atomic mass is 19.4. The molecule has 2 heterocycles. The molecule has 220 valence electrons. The van der Waals surface area contributed by atoms with Gasteiger partial charge in [0.15, 0.2) is 0 Å². The summed E-state index contributed by atoms with van der Waals surface area (Å²) in [4.78, 5) is 38.3. The molecule has 6 aromatic rings. The van der Waals surface area contributed by atoms with Gasteiger partial charge in [0, 0.05) is 40.2 Å². The minimum atomic E-state index is -5.34. The number of nitrogens with zero attached hydrogens (tertiary/aromatic N) is 3. The second kappa shape index (κ2) is 11.5. The molecule has 2 aromatic heterocycles. The van der Waals surface area contributed by atoms with E-state index >= 15 is 0 Å². The average molecular weight is 598 g/mol. The predicted molar refractivity (Wildman–Crippen MR) is 158 cm³/mol. The number of fused-ring (bicyclic) bond motifs is 3. The van der Waals surface area contributed by atoms with Gasteiger partial charge in [-0.05, 0) is 48.0 Å². The molecule has 0 radical (unpaired) electrons. The molecule has 1 amide bonds. The van der Waals surface area contributed by atoms with Crippen LogP contribution in [0.5, 0.6) is 0 Å². The Labute approximate surface area is 247 Å². The Morgan fingerprint density at radius 2 is 1.64 bits per heavy atom. The van der Waals surface area contributed by atoms with E-state index in [0.717, 1.165) is 21.9 Å². The smallest absolute Gasteiger partial charge is 0.455 e. The van der Waals surface area contributed by atoms with Crippen molar-refractivity contribution < 1.29 is 32.0 Å². The monoisotopic (exact) mass is 597 g/mol. The van der Waals surface area contributed by atoms with Gasteiger partial charge in [0.05, 0.1) is 11.4 Å². The van der Waals surface area contributed by atoms with Crippen molar-refractivity contribution in [3.05, 3.63) is 115 Å². The third-order valence-electron chi connectivity index (χ3n) is 6.73. The zero-order valence-corrected chi connectivity index (χ0v) is 22.7. The zero-order valence-electron chi connectivity index (χ0n) is 22.7. The van der Waals surface area contributed by atoms with Crippen LogP contribution < -0.4 is 16.1 Å². The van der Waals surface area contributed by atoms with E-state index in [9.17, 15) is 22.8 Å². The normalized spacial score (nSPS) is 11.5. The first-order chi connectivity index (χ1) is 21.2. The lowest BCUT2D eigenvalue weighted by Crippen LogP contribution is -2.38. The third kappa shape index (κ3) is 5.65. The van der Waals surface area contributed by atoms with E-state index < -0.39 is 18.1 Å². The van der Waals surface area contributed by atoms with Gasteiger partial charge in [0.25, 0.3) is 5.91 Å². The topological polar surface area (TPSA) is 124 Å². The molecule has 0 saturated heterocycles. The van der Waals surface area contributed by atoms with Crippen LogP contribution in [0.1, 0.15) is 15.9 Å². The van der Waals surface area contributed by atoms with Crippen LogP contribution in [0.3, 0.4) is 0 Å². The molecule has 0 aliphatic heterocycles. The summed E-state index contributed by atoms with van der Waals surface area (Å²) in [6.45, 7) is 0.202. The van der Waals surface area contributed by atoms with Crippen LogP contribution in [0, 0.1) is 0 Å². The van der Waals surface area contributed by atoms with Gasteiger partial charge in [-0.1, -0.05) is 48.5 Å². The number of para-hydroxylation sites is 2. The van der Waals surface area contributed by atoms with Gasteiger partial charge in [-0.25, -0.2) is 14.8 Å². The highest BCUT2D eigenvalue weighted by molar-refractivity contribution is 6.09. The molecule has 0 aliphatic carbocycles. The van der Waals surface area contributed by atoms with Crippen molar-refractivity contribution in [2.24, 2.45) is 5.73 Å². The summed E-state index contributed by atoms with van der Waals surface area (Å²) >= 11 is 0. The molecular weight excluding hydrogens is 575 g/mol. The molecule has 0 atom stereocenters. The van der Waals surface area contributed by atoms with Gasteiger partial charge < -0.3 is 20.3 Å². The molecule has 12 heteroatoms. The second-order valence-electron chi connectivity index (χ2n) is 9.62. The summed E-state index contributed by atoms with van der Waals surface area (Å²) < 4.78 is 45.5. The van der Waals surface area contributed by atoms with Crippen LogP contribution in [-0.4, -0.2) is 28.0 Å². The van der Waals surface area contributed by atoms with Crippen LogP contribution in [0.2, 0.25) is 0 Å². The highest BCUT2D eigenvalue weighted by Crippen LogP contribution is 2.35. The van der Waals surface area contributed by atoms with E-state index in [2.05, 4.69) is 20.1 Å². The molecule has 0 unspecified atom stereocenters. The first kappa shape index (κ1) is 28.4. The van der Waals surface area contributed by atoms with E-state index in [4.69, 9.17) is 10.2 Å². The third-order valence-corrected chi connectivity index (χ3v) is 6.73. The van der Waals surface area contributed by atoms with Crippen molar-refractivity contribution in [1.29, 1.82) is 0 Å². The number of aromatic nitrogens is 2. The first-order valence-electron chi connectivity index (χ1n) is 13.2. The summed E-state index contributed by atoms with van der Waals surface area (Å²) in [5.74, 6) is -3.20. The molecule has 44 heavy (non-hydrogen) atoms. The number of hydrogen-bond donors (Lipinski definition) is 2. The number of alkyl halides is 3. The summed E-state index contributed by atoms with van der Waals surface area (Å²) in [5.41, 5.74) is 9.16. The molecule has 3 N–H and O–H groups in total. The minimum absolute atomic E-state index is 0.0178. The number of furan rings is 1. The van der Waals surface area contributed by atoms with E-state index in [-0.39, 0.29) is 17.8 Å². The Kier molecular flexibility index (Phi) is 7.41. The molecule has 0 bridgehead atoms. The molecule has 0 fully saturated rings. The zero-order chi connectivity index (χ0) is 30.8. The second-order valence-corrected chi connectivity index (χ2v) is 9.62. The van der Waals surface area contributed by atoms with Crippen LogP contribution in [0.4, 0.5) is 30.4 Å². The maximum atomic E-state index is 13.3. The Bertz CT molecular complexity index is 2010. The summed E-state index contributed by atoms with van der Waals surface area (Å²) in [6, 6.07) is 26.7. The number of nitrogens with one attached hydrogen (secondary N) is 1. The fourth-order valence-corrected chi connectivity index (χ4v) is 4.63. The number of nitrogens with two attached hydrogens (primary N) is 1. The number of carbonyl (C=O) groups excluding carboxylic acids is 2. The Morgan fingerprint density at radius 3 is 2.41 bits per heavy atom. The lowest BCUT2D eigenvalue weighted by Gasteiger charge is -2.22. The summed E-state index contributed by atoms with van der Waals surface area (Å²) in [7, 11) is 0. The molecule has 9 nitrogen and oxygen atoms in total. The number of hydrogen-bond acceptors (Lipinski definition) is 8. The summed E-state index contributed by atoms with van der Waals surface area (Å²) in [5, 5.41) is 5.26. The summed E-state index contributed by atoms with van der Waals surface area (Å²) in [6.07, 6.45) is -3.98. The number of halogens is 3. The number of benzene rings is 4. The van der Waals surface area contributed by atoms with Gasteiger partial charge in [-0.2, -0.15) is 13.2 Å². The molecule has 0 saturated carbocycles. The van der Waals surface area contributed by atoms with E-state index in [1.165, 1.54) is 36.7 Å². The maximum Gasteiger partial charge on any atom is 0.493 e. The van der Waals surface area contributed by atoms with Crippen LogP contribution >= 0.6 is 0 Å². The number of amides is 1. The Balaban J connectivity index is 1.32. The minimum Gasteiger partial charge on any atom is -0.455 e. The van der Waals surface area contributed by atoms with Crippen LogP contribution in [-0.2, 0) is 16.2 Å². The van der Waals surface area contributed by atoms with Crippen molar-refractivity contribution >= 4 is 51.0 Å². The van der Waals surface area contributed by atoms with E-state index in [0.29, 0.717) is 33.4 Å². The molecule has 0 spiro atoms. The number of hydroxylamine groups is 1. The fourth-order valence-electron chi connectivity index (χ4n) is 4.63. The SMILES string of the molecule is NCc1ccc(C(=O)N(OC(=O)C(F)(F)F)c2cccc(Nc3cc(-c4cccc5c4oc4ccccc45)ncn3)c2)cc1. The van der Waals surface area contributed by atoms with E-state index in [1.807, 2.05) is 42.5 Å². The largest absolute Gasteiger partial charge is 0.493 e. The van der Waals surface area contributed by atoms with E-state index in [1.54, 1.807) is 24.3 Å². The van der Waals surface area contributed by atoms with Crippen LogP contribution in [0.15, 0.2) is 108 Å². The standard InChI is InChI=1S/C32H22F3N5O4/c33-32(34,35)31(42)44-40(30(41)20-13-11-19(17-36)12-14-20)22-6-3-5-21(15-22)39-28-16-26(37-18-38-28)25-9-4-8-24-23-7-1-2-10-27(23)43-29(24)25/h1-16,18H,17,36H2,(H,37,38,39). The van der Waals surface area contributed by atoms with Crippen molar-refractivity contribution in [1.82, 2.24) is 9.97 Å². The molecule has 0 aliphatic rings. The van der Waals surface area contributed by atoms with Crippen molar-refractivity contribution in [3.63, 3.8) is 0 Å². The highest BCUT2D eigenvalue weighted by Gasteiger charge is 2.44. The van der Waals surface area contributed by atoms with Crippen molar-refractivity contribution in [2.45, 2.75) is 12.7 Å². The quantitative estimate of drug-likeness (QED) is 0.199. The van der Waals surface area contributed by atoms with Gasteiger partial charge in [-0.15, -0.1) is 5.06 Å². The Morgan fingerprint density at radius 1 is 0.886 bits per heavy atom. The first-order valence-corrected chi connectivity index (χ1v) is 13.2. The van der Waals surface area contributed by atoms with Gasteiger partial charge in [0.2, 0.25) is 0 Å². The lowest BCUT2D eigenvalue weighted by atomic mass is 10.1. The molecule has 4 aromatic carbocycles.